The number of rotatable bonds is 4. The Hall–Kier alpha value is -2.36. The molecule has 0 spiro atoms. The van der Waals surface area contributed by atoms with Crippen LogP contribution in [0.15, 0.2) is 0 Å². The minimum Gasteiger partial charge on any atom is -0.463 e. The lowest BCUT2D eigenvalue weighted by molar-refractivity contribution is -0.249. The first-order chi connectivity index (χ1) is 10.8. The van der Waals surface area contributed by atoms with E-state index in [0.717, 1.165) is 0 Å². The second-order valence-electron chi connectivity index (χ2n) is 5.07. The molecule has 2 aliphatic rings. The topological polar surface area (TPSA) is 126 Å². The molecule has 2 heterocycles. The second-order valence-corrected chi connectivity index (χ2v) is 5.07. The summed E-state index contributed by atoms with van der Waals surface area (Å²) in [6.45, 7) is 3.29. The summed E-state index contributed by atoms with van der Waals surface area (Å²) in [7, 11) is 0. The van der Waals surface area contributed by atoms with E-state index in [2.05, 4.69) is 5.32 Å². The molecule has 1 amide bonds. The van der Waals surface area contributed by atoms with Gasteiger partial charge in [0, 0.05) is 20.8 Å². The molecule has 0 aromatic carbocycles. The van der Waals surface area contributed by atoms with Crippen molar-refractivity contribution in [3.63, 3.8) is 0 Å². The van der Waals surface area contributed by atoms with Crippen LogP contribution < -0.4 is 5.32 Å². The molecule has 2 rings (SSSR count). The lowest BCUT2D eigenvalue weighted by Gasteiger charge is -2.40. The molecule has 5 atom stereocenters. The molecular weight excluding hydrogens is 314 g/mol. The maximum Gasteiger partial charge on any atom is 0.410 e. The Morgan fingerprint density at radius 1 is 1.04 bits per heavy atom. The minimum atomic E-state index is -1.07. The number of ether oxygens (including phenoxy) is 5. The Morgan fingerprint density at radius 3 is 2.22 bits per heavy atom. The number of alkyl carbamates (subject to hydrolysis) is 1. The molecule has 0 aromatic rings. The minimum absolute atomic E-state index is 0.258. The van der Waals surface area contributed by atoms with Gasteiger partial charge >= 0.3 is 24.0 Å². The summed E-state index contributed by atoms with van der Waals surface area (Å²) < 4.78 is 25.6. The number of hydrogen-bond donors (Lipinski definition) is 1. The van der Waals surface area contributed by atoms with Crippen molar-refractivity contribution in [2.45, 2.75) is 51.4 Å². The summed E-state index contributed by atoms with van der Waals surface area (Å²) in [6.07, 6.45) is -4.88. The van der Waals surface area contributed by atoms with Gasteiger partial charge in [-0.15, -0.1) is 0 Å². The zero-order valence-electron chi connectivity index (χ0n) is 12.8. The summed E-state index contributed by atoms with van der Waals surface area (Å²) in [6, 6.07) is -0.843. The molecule has 10 nitrogen and oxygen atoms in total. The lowest BCUT2D eigenvalue weighted by atomic mass is 9.97. The van der Waals surface area contributed by atoms with Gasteiger partial charge in [-0.1, -0.05) is 0 Å². The molecule has 0 saturated carbocycles. The van der Waals surface area contributed by atoms with Crippen molar-refractivity contribution in [2.75, 3.05) is 6.61 Å². The number of nitrogens with one attached hydrogen (secondary N) is 1. The molecule has 0 radical (unpaired) electrons. The number of carbonyl (C=O) groups excluding carboxylic acids is 4. The average molecular weight is 331 g/mol. The van der Waals surface area contributed by atoms with Gasteiger partial charge in [0.1, 0.15) is 18.8 Å². The molecule has 3 unspecified atom stereocenters. The first-order valence-corrected chi connectivity index (χ1v) is 6.88. The summed E-state index contributed by atoms with van der Waals surface area (Å²) in [4.78, 5) is 45.1. The number of amides is 1. The van der Waals surface area contributed by atoms with Crippen molar-refractivity contribution in [1.29, 1.82) is 0 Å². The predicted octanol–water partition coefficient (Wildman–Crippen LogP) is -0.754. The van der Waals surface area contributed by atoms with Crippen molar-refractivity contribution >= 4 is 24.0 Å². The Kier molecular flexibility index (Phi) is 5.04. The summed E-state index contributed by atoms with van der Waals surface area (Å²) in [5.74, 6) is -1.85. The van der Waals surface area contributed by atoms with Crippen LogP contribution >= 0.6 is 0 Å². The molecule has 0 bridgehead atoms. The van der Waals surface area contributed by atoms with Crippen molar-refractivity contribution < 1.29 is 42.9 Å². The van der Waals surface area contributed by atoms with Gasteiger partial charge in [0.15, 0.2) is 12.2 Å². The fraction of sp³-hybridized carbons (Fsp3) is 0.692. The molecule has 23 heavy (non-hydrogen) atoms. The standard InChI is InChI=1S/C13H17NO9/c1-5(15)19-4-8-10(20-6(2)16)11(21-7(3)17)9-12(22-8)23-13(18)14-9/h8-12H,4H2,1-3H3,(H,14,18)/t8?,9?,10?,11-,12+/m1/s1. The van der Waals surface area contributed by atoms with Crippen LogP contribution in [-0.4, -0.2) is 61.3 Å². The molecule has 1 N–H and O–H groups in total. The van der Waals surface area contributed by atoms with E-state index >= 15 is 0 Å². The van der Waals surface area contributed by atoms with Crippen LogP contribution in [0.25, 0.3) is 0 Å². The van der Waals surface area contributed by atoms with E-state index in [1.54, 1.807) is 0 Å². The first kappa shape index (κ1) is 17.0. The van der Waals surface area contributed by atoms with Gasteiger partial charge in [-0.05, 0) is 0 Å². The van der Waals surface area contributed by atoms with Crippen molar-refractivity contribution in [2.24, 2.45) is 0 Å². The van der Waals surface area contributed by atoms with Crippen LogP contribution in [0.3, 0.4) is 0 Å². The van der Waals surface area contributed by atoms with Crippen LogP contribution in [-0.2, 0) is 38.1 Å². The van der Waals surface area contributed by atoms with Crippen LogP contribution in [0.5, 0.6) is 0 Å². The van der Waals surface area contributed by atoms with E-state index in [4.69, 9.17) is 23.7 Å². The Balaban J connectivity index is 2.25. The summed E-state index contributed by atoms with van der Waals surface area (Å²) >= 11 is 0. The number of hydrogen-bond acceptors (Lipinski definition) is 9. The highest BCUT2D eigenvalue weighted by molar-refractivity contribution is 5.71. The van der Waals surface area contributed by atoms with Crippen LogP contribution in [0.1, 0.15) is 20.8 Å². The number of esters is 3. The summed E-state index contributed by atoms with van der Waals surface area (Å²) in [5.41, 5.74) is 0. The van der Waals surface area contributed by atoms with Gasteiger partial charge in [0.25, 0.3) is 0 Å². The Labute approximate surface area is 131 Å². The van der Waals surface area contributed by atoms with Crippen molar-refractivity contribution in [1.82, 2.24) is 5.32 Å². The second kappa shape index (κ2) is 6.82. The number of carbonyl (C=O) groups is 4. The highest BCUT2D eigenvalue weighted by Crippen LogP contribution is 2.30. The SMILES string of the molecule is CC(=O)OCC1O[C@H]2OC(=O)NC2[C@@H](OC(C)=O)C1OC(C)=O. The van der Waals surface area contributed by atoms with Gasteiger partial charge < -0.3 is 29.0 Å². The van der Waals surface area contributed by atoms with E-state index in [9.17, 15) is 19.2 Å². The average Bonchev–Trinajstić information content (AvgIpc) is 2.78. The van der Waals surface area contributed by atoms with E-state index < -0.39 is 54.6 Å². The maximum atomic E-state index is 11.4. The normalized spacial score (nSPS) is 32.1. The Bertz CT molecular complexity index is 520. The van der Waals surface area contributed by atoms with E-state index in [-0.39, 0.29) is 6.61 Å². The molecule has 2 saturated heterocycles. The quantitative estimate of drug-likeness (QED) is 0.522. The van der Waals surface area contributed by atoms with Gasteiger partial charge in [-0.2, -0.15) is 0 Å². The summed E-state index contributed by atoms with van der Waals surface area (Å²) in [5, 5.41) is 2.44. The van der Waals surface area contributed by atoms with Gasteiger partial charge in [-0.25, -0.2) is 4.79 Å². The van der Waals surface area contributed by atoms with Gasteiger partial charge in [0.2, 0.25) is 6.29 Å². The molecule has 0 aromatic heterocycles. The first-order valence-electron chi connectivity index (χ1n) is 6.88. The lowest BCUT2D eigenvalue weighted by Crippen LogP contribution is -2.62. The molecule has 0 aliphatic carbocycles. The highest BCUT2D eigenvalue weighted by Gasteiger charge is 2.55. The van der Waals surface area contributed by atoms with Crippen molar-refractivity contribution in [3.05, 3.63) is 0 Å². The van der Waals surface area contributed by atoms with E-state index in [1.165, 1.54) is 20.8 Å². The fourth-order valence-electron chi connectivity index (χ4n) is 2.43. The van der Waals surface area contributed by atoms with E-state index in [1.807, 2.05) is 0 Å². The molecule has 10 heteroatoms. The smallest absolute Gasteiger partial charge is 0.410 e. The van der Waals surface area contributed by atoms with Crippen LogP contribution in [0, 0.1) is 0 Å². The third kappa shape index (κ3) is 4.09. The van der Waals surface area contributed by atoms with Crippen molar-refractivity contribution in [3.8, 4) is 0 Å². The van der Waals surface area contributed by atoms with Crippen LogP contribution in [0.2, 0.25) is 0 Å². The maximum absolute atomic E-state index is 11.4. The van der Waals surface area contributed by atoms with Gasteiger partial charge in [-0.3, -0.25) is 14.4 Å². The van der Waals surface area contributed by atoms with E-state index in [0.29, 0.717) is 0 Å². The third-order valence-corrected chi connectivity index (χ3v) is 3.21. The highest BCUT2D eigenvalue weighted by atomic mass is 16.7. The predicted molar refractivity (Wildman–Crippen MR) is 69.8 cm³/mol. The molecule has 128 valence electrons. The molecule has 2 fully saturated rings. The largest absolute Gasteiger partial charge is 0.463 e. The Morgan fingerprint density at radius 2 is 1.65 bits per heavy atom. The molecule has 2 aliphatic heterocycles. The third-order valence-electron chi connectivity index (χ3n) is 3.21. The monoisotopic (exact) mass is 331 g/mol. The number of fused-ring (bicyclic) bond motifs is 1. The zero-order valence-corrected chi connectivity index (χ0v) is 12.8. The fourth-order valence-corrected chi connectivity index (χ4v) is 2.43. The zero-order chi connectivity index (χ0) is 17.1. The van der Waals surface area contributed by atoms with Crippen LogP contribution in [0.4, 0.5) is 4.79 Å². The molecular formula is C13H17NO9. The van der Waals surface area contributed by atoms with Gasteiger partial charge in [0.05, 0.1) is 0 Å².